The summed E-state index contributed by atoms with van der Waals surface area (Å²) in [6.45, 7) is 0. The van der Waals surface area contributed by atoms with Gasteiger partial charge < -0.3 is 9.63 Å². The van der Waals surface area contributed by atoms with Gasteiger partial charge in [-0.3, -0.25) is 9.09 Å². The molecule has 25 heavy (non-hydrogen) atoms. The van der Waals surface area contributed by atoms with E-state index in [1.165, 1.54) is 0 Å². The number of methoxy groups -OCH3 is 1. The van der Waals surface area contributed by atoms with Gasteiger partial charge in [0.15, 0.2) is 5.60 Å². The van der Waals surface area contributed by atoms with Crippen molar-refractivity contribution >= 4 is 8.25 Å². The Morgan fingerprint density at radius 2 is 1.20 bits per heavy atom. The predicted octanol–water partition coefficient (Wildman–Crippen LogP) is 4.39. The normalized spacial score (nSPS) is 12.6. The summed E-state index contributed by atoms with van der Waals surface area (Å²) in [7, 11) is -1.63. The van der Waals surface area contributed by atoms with Crippen molar-refractivity contribution in [2.75, 3.05) is 7.11 Å². The first kappa shape index (κ1) is 17.4. The molecule has 0 fully saturated rings. The predicted molar refractivity (Wildman–Crippen MR) is 98.1 cm³/mol. The Kier molecular flexibility index (Phi) is 5.34. The van der Waals surface area contributed by atoms with Crippen LogP contribution in [-0.2, 0) is 14.7 Å². The summed E-state index contributed by atoms with van der Waals surface area (Å²) < 4.78 is 22.8. The fourth-order valence-electron chi connectivity index (χ4n) is 2.98. The average Bonchev–Trinajstić information content (AvgIpc) is 2.67. The maximum atomic E-state index is 11.8. The molecule has 1 unspecified atom stereocenters. The molecular formula is C20H19O4P. The van der Waals surface area contributed by atoms with Crippen molar-refractivity contribution in [2.24, 2.45) is 0 Å². The first-order valence-electron chi connectivity index (χ1n) is 7.84. The van der Waals surface area contributed by atoms with Crippen LogP contribution in [0, 0.1) is 0 Å². The van der Waals surface area contributed by atoms with Crippen LogP contribution in [-0.4, -0.2) is 12.0 Å². The van der Waals surface area contributed by atoms with E-state index in [2.05, 4.69) is 0 Å². The quantitative estimate of drug-likeness (QED) is 0.527. The lowest BCUT2D eigenvalue weighted by molar-refractivity contribution is 0.145. The second-order valence-electron chi connectivity index (χ2n) is 5.51. The van der Waals surface area contributed by atoms with Gasteiger partial charge in [0.25, 0.3) is 0 Å². The average molecular weight is 354 g/mol. The highest BCUT2D eigenvalue weighted by atomic mass is 31.1. The van der Waals surface area contributed by atoms with Crippen molar-refractivity contribution in [1.82, 2.24) is 0 Å². The van der Waals surface area contributed by atoms with Crippen LogP contribution in [0.25, 0.3) is 0 Å². The Labute approximate surface area is 147 Å². The molecule has 4 nitrogen and oxygen atoms in total. The fraction of sp³-hybridized carbons (Fsp3) is 0.100. The van der Waals surface area contributed by atoms with E-state index in [1.54, 1.807) is 7.11 Å². The number of benzene rings is 3. The van der Waals surface area contributed by atoms with Gasteiger partial charge in [0.1, 0.15) is 5.75 Å². The zero-order valence-corrected chi connectivity index (χ0v) is 14.8. The van der Waals surface area contributed by atoms with E-state index in [1.807, 2.05) is 84.9 Å². The fourth-order valence-corrected chi connectivity index (χ4v) is 3.59. The maximum Gasteiger partial charge on any atom is 0.318 e. The van der Waals surface area contributed by atoms with Gasteiger partial charge in [0.2, 0.25) is 0 Å². The van der Waals surface area contributed by atoms with E-state index in [-0.39, 0.29) is 0 Å². The van der Waals surface area contributed by atoms with Gasteiger partial charge in [-0.05, 0) is 28.8 Å². The summed E-state index contributed by atoms with van der Waals surface area (Å²) in [4.78, 5) is 9.67. The minimum atomic E-state index is -3.23. The summed E-state index contributed by atoms with van der Waals surface area (Å²) in [6, 6.07) is 26.2. The lowest BCUT2D eigenvalue weighted by Gasteiger charge is -2.34. The molecule has 0 saturated heterocycles. The maximum absolute atomic E-state index is 11.8. The zero-order chi connectivity index (χ0) is 17.7. The van der Waals surface area contributed by atoms with Crippen molar-refractivity contribution in [1.29, 1.82) is 0 Å². The van der Waals surface area contributed by atoms with Crippen molar-refractivity contribution in [3.63, 3.8) is 0 Å². The monoisotopic (exact) mass is 354 g/mol. The lowest BCUT2D eigenvalue weighted by atomic mass is 9.80. The molecule has 5 heteroatoms. The highest BCUT2D eigenvalue weighted by molar-refractivity contribution is 7.32. The van der Waals surface area contributed by atoms with E-state index in [9.17, 15) is 9.46 Å². The molecule has 0 aliphatic heterocycles. The topological polar surface area (TPSA) is 55.8 Å². The summed E-state index contributed by atoms with van der Waals surface area (Å²) in [5, 5.41) is 0. The number of ether oxygens (including phenoxy) is 1. The molecule has 1 N–H and O–H groups in total. The van der Waals surface area contributed by atoms with E-state index >= 15 is 0 Å². The van der Waals surface area contributed by atoms with E-state index in [0.717, 1.165) is 16.7 Å². The SMILES string of the molecule is COc1ccc(C(O[PH](=O)O)(c2ccccc2)c2ccccc2)cc1. The summed E-state index contributed by atoms with van der Waals surface area (Å²) in [6.07, 6.45) is 0. The molecule has 0 bridgehead atoms. The number of hydrogen-bond donors (Lipinski definition) is 1. The van der Waals surface area contributed by atoms with Gasteiger partial charge in [-0.15, -0.1) is 0 Å². The van der Waals surface area contributed by atoms with Crippen LogP contribution in [0.5, 0.6) is 5.75 Å². The van der Waals surface area contributed by atoms with Crippen molar-refractivity contribution < 1.29 is 18.7 Å². The van der Waals surface area contributed by atoms with Crippen LogP contribution in [0.2, 0.25) is 0 Å². The lowest BCUT2D eigenvalue weighted by Crippen LogP contribution is -2.30. The molecule has 0 heterocycles. The first-order valence-corrected chi connectivity index (χ1v) is 9.10. The van der Waals surface area contributed by atoms with E-state index in [0.29, 0.717) is 5.75 Å². The Balaban J connectivity index is 2.29. The highest BCUT2D eigenvalue weighted by Crippen LogP contribution is 2.45. The standard InChI is InChI=1S/C20H19O4P/c1-23-19-14-12-18(13-15-19)20(24-25(21)22,16-8-4-2-5-9-16)17-10-6-3-7-11-17/h2-15,25H,1H3,(H,21,22). The molecule has 0 radical (unpaired) electrons. The van der Waals surface area contributed by atoms with E-state index < -0.39 is 13.9 Å². The second-order valence-corrected chi connectivity index (χ2v) is 6.25. The van der Waals surface area contributed by atoms with Gasteiger partial charge in [-0.25, -0.2) is 0 Å². The second kappa shape index (κ2) is 7.66. The molecular weight excluding hydrogens is 335 g/mol. The van der Waals surface area contributed by atoms with Gasteiger partial charge in [-0.1, -0.05) is 72.8 Å². The number of hydrogen-bond acceptors (Lipinski definition) is 3. The molecule has 0 amide bonds. The molecule has 0 saturated carbocycles. The molecule has 3 aromatic carbocycles. The molecule has 0 spiro atoms. The Morgan fingerprint density at radius 1 is 0.760 bits per heavy atom. The minimum Gasteiger partial charge on any atom is -0.497 e. The van der Waals surface area contributed by atoms with Gasteiger partial charge in [0.05, 0.1) is 7.11 Å². The van der Waals surface area contributed by atoms with Gasteiger partial charge in [-0.2, -0.15) is 0 Å². The third-order valence-electron chi connectivity index (χ3n) is 4.10. The summed E-state index contributed by atoms with van der Waals surface area (Å²) >= 11 is 0. The van der Waals surface area contributed by atoms with Gasteiger partial charge in [0, 0.05) is 0 Å². The van der Waals surface area contributed by atoms with Gasteiger partial charge >= 0.3 is 8.25 Å². The number of rotatable bonds is 6. The summed E-state index contributed by atoms with van der Waals surface area (Å²) in [5.74, 6) is 0.704. The Bertz CT molecular complexity index is 793. The van der Waals surface area contributed by atoms with Crippen LogP contribution >= 0.6 is 8.25 Å². The van der Waals surface area contributed by atoms with E-state index in [4.69, 9.17) is 9.26 Å². The Hall–Kier alpha value is -2.39. The Morgan fingerprint density at radius 3 is 1.60 bits per heavy atom. The van der Waals surface area contributed by atoms with Crippen LogP contribution in [0.15, 0.2) is 84.9 Å². The smallest absolute Gasteiger partial charge is 0.318 e. The first-order chi connectivity index (χ1) is 12.2. The van der Waals surface area contributed by atoms with Crippen LogP contribution in [0.1, 0.15) is 16.7 Å². The van der Waals surface area contributed by atoms with Crippen LogP contribution in [0.4, 0.5) is 0 Å². The van der Waals surface area contributed by atoms with Crippen molar-refractivity contribution in [3.8, 4) is 5.75 Å². The molecule has 0 aliphatic carbocycles. The largest absolute Gasteiger partial charge is 0.497 e. The third-order valence-corrected chi connectivity index (χ3v) is 4.58. The molecule has 0 aliphatic rings. The molecule has 128 valence electrons. The van der Waals surface area contributed by atoms with Crippen LogP contribution < -0.4 is 4.74 Å². The summed E-state index contributed by atoms with van der Waals surface area (Å²) in [5.41, 5.74) is 1.12. The molecule has 3 aromatic rings. The molecule has 1 atom stereocenters. The van der Waals surface area contributed by atoms with Crippen LogP contribution in [0.3, 0.4) is 0 Å². The molecule has 0 aromatic heterocycles. The van der Waals surface area contributed by atoms with Crippen molar-refractivity contribution in [3.05, 3.63) is 102 Å². The van der Waals surface area contributed by atoms with Crippen molar-refractivity contribution in [2.45, 2.75) is 5.60 Å². The third kappa shape index (κ3) is 3.52. The molecule has 3 rings (SSSR count). The zero-order valence-electron chi connectivity index (χ0n) is 13.8. The minimum absolute atomic E-state index is 0.704. The highest BCUT2D eigenvalue weighted by Gasteiger charge is 2.39.